The number of nitrogens with one attached hydrogen (secondary N) is 1. The number of hydrogen-bond acceptors (Lipinski definition) is 2. The summed E-state index contributed by atoms with van der Waals surface area (Å²) in [5.74, 6) is 0.180. The van der Waals surface area contributed by atoms with Crippen LogP contribution in [0.1, 0.15) is 48.5 Å². The molecule has 0 aromatic heterocycles. The minimum absolute atomic E-state index is 0.180. The molecule has 19 heavy (non-hydrogen) atoms. The zero-order valence-electron chi connectivity index (χ0n) is 12.2. The molecule has 0 spiro atoms. The van der Waals surface area contributed by atoms with Crippen molar-refractivity contribution in [1.82, 2.24) is 4.90 Å². The summed E-state index contributed by atoms with van der Waals surface area (Å²) in [5.41, 5.74) is 2.87. The number of piperidine rings is 1. The first-order valence-corrected chi connectivity index (χ1v) is 7.26. The van der Waals surface area contributed by atoms with Gasteiger partial charge in [0.05, 0.1) is 5.56 Å². The topological polar surface area (TPSA) is 32.3 Å². The Morgan fingerprint density at radius 1 is 1.42 bits per heavy atom. The summed E-state index contributed by atoms with van der Waals surface area (Å²) in [7, 11) is 1.87. The number of carbonyl (C=O) groups excluding carboxylic acids is 1. The van der Waals surface area contributed by atoms with Gasteiger partial charge in [0.1, 0.15) is 0 Å². The monoisotopic (exact) mass is 260 g/mol. The highest BCUT2D eigenvalue weighted by atomic mass is 16.2. The van der Waals surface area contributed by atoms with E-state index in [9.17, 15) is 4.79 Å². The van der Waals surface area contributed by atoms with Crippen LogP contribution < -0.4 is 5.32 Å². The SMILES string of the molecule is CCC1CCCCN1C(=O)c1cc(C)ccc1NC. The molecule has 1 N–H and O–H groups in total. The molecule has 3 heteroatoms. The van der Waals surface area contributed by atoms with Crippen molar-refractivity contribution in [3.05, 3.63) is 29.3 Å². The molecule has 1 aliphatic heterocycles. The highest BCUT2D eigenvalue weighted by molar-refractivity contribution is 6.00. The third kappa shape index (κ3) is 2.91. The van der Waals surface area contributed by atoms with E-state index in [2.05, 4.69) is 17.1 Å². The van der Waals surface area contributed by atoms with Crippen LogP contribution in [0.25, 0.3) is 0 Å². The van der Waals surface area contributed by atoms with Crippen LogP contribution in [0.5, 0.6) is 0 Å². The van der Waals surface area contributed by atoms with Gasteiger partial charge in [-0.1, -0.05) is 18.6 Å². The smallest absolute Gasteiger partial charge is 0.256 e. The number of anilines is 1. The molecular weight excluding hydrogens is 236 g/mol. The van der Waals surface area contributed by atoms with Crippen molar-refractivity contribution in [2.24, 2.45) is 0 Å². The fourth-order valence-electron chi connectivity index (χ4n) is 2.90. The van der Waals surface area contributed by atoms with Crippen LogP contribution >= 0.6 is 0 Å². The van der Waals surface area contributed by atoms with Crippen LogP contribution in [0.2, 0.25) is 0 Å². The lowest BCUT2D eigenvalue weighted by atomic mass is 9.98. The molecule has 3 nitrogen and oxygen atoms in total. The first-order chi connectivity index (χ1) is 9.17. The maximum absolute atomic E-state index is 12.8. The normalized spacial score (nSPS) is 19.3. The summed E-state index contributed by atoms with van der Waals surface area (Å²) in [6.07, 6.45) is 4.56. The van der Waals surface area contributed by atoms with E-state index in [1.54, 1.807) is 0 Å². The summed E-state index contributed by atoms with van der Waals surface area (Å²) >= 11 is 0. The number of amides is 1. The minimum Gasteiger partial charge on any atom is -0.387 e. The van der Waals surface area contributed by atoms with Gasteiger partial charge in [0.2, 0.25) is 0 Å². The molecule has 1 amide bonds. The predicted molar refractivity (Wildman–Crippen MR) is 79.7 cm³/mol. The summed E-state index contributed by atoms with van der Waals surface area (Å²) in [6, 6.07) is 6.44. The number of rotatable bonds is 3. The molecule has 1 saturated heterocycles. The van der Waals surface area contributed by atoms with Crippen molar-refractivity contribution in [2.75, 3.05) is 18.9 Å². The van der Waals surface area contributed by atoms with Gasteiger partial charge in [0.25, 0.3) is 5.91 Å². The Hall–Kier alpha value is -1.51. The van der Waals surface area contributed by atoms with Gasteiger partial charge in [-0.05, 0) is 44.7 Å². The fourth-order valence-corrected chi connectivity index (χ4v) is 2.90. The highest BCUT2D eigenvalue weighted by Crippen LogP contribution is 2.25. The Balaban J connectivity index is 2.29. The van der Waals surface area contributed by atoms with Crippen molar-refractivity contribution in [2.45, 2.75) is 45.6 Å². The number of hydrogen-bond donors (Lipinski definition) is 1. The van der Waals surface area contributed by atoms with Crippen LogP contribution in [0.15, 0.2) is 18.2 Å². The zero-order chi connectivity index (χ0) is 13.8. The van der Waals surface area contributed by atoms with Crippen LogP contribution in [-0.4, -0.2) is 30.4 Å². The zero-order valence-corrected chi connectivity index (χ0v) is 12.2. The van der Waals surface area contributed by atoms with E-state index in [0.717, 1.165) is 42.6 Å². The molecule has 1 aromatic carbocycles. The standard InChI is InChI=1S/C16H24N2O/c1-4-13-7-5-6-10-18(13)16(19)14-11-12(2)8-9-15(14)17-3/h8-9,11,13,17H,4-7,10H2,1-3H3. The molecule has 0 saturated carbocycles. The van der Waals surface area contributed by atoms with E-state index >= 15 is 0 Å². The van der Waals surface area contributed by atoms with Crippen molar-refractivity contribution in [3.8, 4) is 0 Å². The molecule has 0 radical (unpaired) electrons. The molecule has 2 rings (SSSR count). The molecule has 1 unspecified atom stereocenters. The van der Waals surface area contributed by atoms with Crippen LogP contribution in [0.4, 0.5) is 5.69 Å². The summed E-state index contributed by atoms with van der Waals surface area (Å²) in [4.78, 5) is 14.9. The molecule has 1 fully saturated rings. The van der Waals surface area contributed by atoms with E-state index in [-0.39, 0.29) is 5.91 Å². The third-order valence-electron chi connectivity index (χ3n) is 4.03. The molecule has 104 valence electrons. The molecule has 1 aromatic rings. The van der Waals surface area contributed by atoms with E-state index in [1.807, 2.05) is 32.2 Å². The third-order valence-corrected chi connectivity index (χ3v) is 4.03. The number of nitrogens with zero attached hydrogens (tertiary/aromatic N) is 1. The van der Waals surface area contributed by atoms with Crippen LogP contribution in [-0.2, 0) is 0 Å². The average molecular weight is 260 g/mol. The number of benzene rings is 1. The summed E-state index contributed by atoms with van der Waals surface area (Å²) < 4.78 is 0. The van der Waals surface area contributed by atoms with E-state index in [0.29, 0.717) is 6.04 Å². The average Bonchev–Trinajstić information content (AvgIpc) is 2.46. The van der Waals surface area contributed by atoms with Gasteiger partial charge >= 0.3 is 0 Å². The Morgan fingerprint density at radius 3 is 2.89 bits per heavy atom. The van der Waals surface area contributed by atoms with E-state index in [4.69, 9.17) is 0 Å². The minimum atomic E-state index is 0.180. The maximum Gasteiger partial charge on any atom is 0.256 e. The Labute approximate surface area is 116 Å². The van der Waals surface area contributed by atoms with Gasteiger partial charge < -0.3 is 10.2 Å². The summed E-state index contributed by atoms with van der Waals surface area (Å²) in [5, 5.41) is 3.13. The summed E-state index contributed by atoms with van der Waals surface area (Å²) in [6.45, 7) is 5.10. The van der Waals surface area contributed by atoms with Gasteiger partial charge in [-0.15, -0.1) is 0 Å². The Bertz CT molecular complexity index is 456. The first kappa shape index (κ1) is 13.9. The second-order valence-electron chi connectivity index (χ2n) is 5.36. The largest absolute Gasteiger partial charge is 0.387 e. The maximum atomic E-state index is 12.8. The van der Waals surface area contributed by atoms with Gasteiger partial charge in [-0.25, -0.2) is 0 Å². The Kier molecular flexibility index (Phi) is 4.46. The van der Waals surface area contributed by atoms with Gasteiger partial charge in [-0.2, -0.15) is 0 Å². The van der Waals surface area contributed by atoms with Gasteiger partial charge in [0, 0.05) is 25.3 Å². The lowest BCUT2D eigenvalue weighted by Crippen LogP contribution is -2.43. The lowest BCUT2D eigenvalue weighted by Gasteiger charge is -2.35. The molecular formula is C16H24N2O. The molecule has 1 heterocycles. The fraction of sp³-hybridized carbons (Fsp3) is 0.562. The Morgan fingerprint density at radius 2 is 2.21 bits per heavy atom. The van der Waals surface area contributed by atoms with Crippen LogP contribution in [0.3, 0.4) is 0 Å². The van der Waals surface area contributed by atoms with Crippen LogP contribution in [0, 0.1) is 6.92 Å². The first-order valence-electron chi connectivity index (χ1n) is 7.26. The van der Waals surface area contributed by atoms with E-state index in [1.165, 1.54) is 6.42 Å². The number of carbonyl (C=O) groups is 1. The van der Waals surface area contributed by atoms with Gasteiger partial charge in [-0.3, -0.25) is 4.79 Å². The molecule has 0 aliphatic carbocycles. The predicted octanol–water partition coefficient (Wildman–Crippen LogP) is 3.44. The second-order valence-corrected chi connectivity index (χ2v) is 5.36. The molecule has 1 atom stereocenters. The van der Waals surface area contributed by atoms with Gasteiger partial charge in [0.15, 0.2) is 0 Å². The quantitative estimate of drug-likeness (QED) is 0.903. The highest BCUT2D eigenvalue weighted by Gasteiger charge is 2.27. The molecule has 0 bridgehead atoms. The number of aryl methyl sites for hydroxylation is 1. The second kappa shape index (κ2) is 6.09. The van der Waals surface area contributed by atoms with E-state index < -0.39 is 0 Å². The number of likely N-dealkylation sites (tertiary alicyclic amines) is 1. The lowest BCUT2D eigenvalue weighted by molar-refractivity contribution is 0.0609. The van der Waals surface area contributed by atoms with Crippen molar-refractivity contribution < 1.29 is 4.79 Å². The van der Waals surface area contributed by atoms with Crippen molar-refractivity contribution >= 4 is 11.6 Å². The molecule has 1 aliphatic rings. The van der Waals surface area contributed by atoms with Crippen molar-refractivity contribution in [1.29, 1.82) is 0 Å². The van der Waals surface area contributed by atoms with Crippen molar-refractivity contribution in [3.63, 3.8) is 0 Å².